The van der Waals surface area contributed by atoms with E-state index in [2.05, 4.69) is 10.6 Å². The van der Waals surface area contributed by atoms with Crippen LogP contribution in [0, 0.1) is 0 Å². The molecule has 0 spiro atoms. The van der Waals surface area contributed by atoms with Gasteiger partial charge in [0.25, 0.3) is 0 Å². The number of piperidine rings is 1. The van der Waals surface area contributed by atoms with Gasteiger partial charge in [0.1, 0.15) is 0 Å². The van der Waals surface area contributed by atoms with Gasteiger partial charge in [-0.1, -0.05) is 0 Å². The number of primary amides is 1. The summed E-state index contributed by atoms with van der Waals surface area (Å²) in [4.78, 5) is 21.2. The molecule has 1 aliphatic heterocycles. The molecule has 4 N–H and O–H groups in total. The summed E-state index contributed by atoms with van der Waals surface area (Å²) >= 11 is 0. The third-order valence-electron chi connectivity index (χ3n) is 2.07. The number of nitrogens with one attached hydrogen (secondary N) is 2. The highest BCUT2D eigenvalue weighted by Gasteiger charge is 2.16. The van der Waals surface area contributed by atoms with Crippen LogP contribution in [0.1, 0.15) is 19.3 Å². The summed E-state index contributed by atoms with van der Waals surface area (Å²) in [7, 11) is 0. The van der Waals surface area contributed by atoms with Crippen LogP contribution in [0.5, 0.6) is 0 Å². The Balaban J connectivity index is 2.09. The van der Waals surface area contributed by atoms with Crippen molar-refractivity contribution >= 4 is 11.8 Å². The van der Waals surface area contributed by atoms with Gasteiger partial charge in [-0.15, -0.1) is 0 Å². The van der Waals surface area contributed by atoms with Crippen molar-refractivity contribution < 1.29 is 9.59 Å². The lowest BCUT2D eigenvalue weighted by Crippen LogP contribution is -2.46. The van der Waals surface area contributed by atoms with Crippen LogP contribution in [0.15, 0.2) is 0 Å². The van der Waals surface area contributed by atoms with E-state index in [1.54, 1.807) is 0 Å². The van der Waals surface area contributed by atoms with Crippen molar-refractivity contribution in [2.24, 2.45) is 5.73 Å². The molecule has 1 aliphatic rings. The lowest BCUT2D eigenvalue weighted by Gasteiger charge is -2.23. The highest BCUT2D eigenvalue weighted by Crippen LogP contribution is 2.01. The molecule has 74 valence electrons. The largest absolute Gasteiger partial charge is 0.370 e. The van der Waals surface area contributed by atoms with Gasteiger partial charge in [-0.2, -0.15) is 0 Å². The highest BCUT2D eigenvalue weighted by atomic mass is 16.2. The molecule has 1 rings (SSSR count). The summed E-state index contributed by atoms with van der Waals surface area (Å²) in [5.74, 6) is -0.194. The maximum absolute atomic E-state index is 10.8. The zero-order valence-electron chi connectivity index (χ0n) is 7.51. The van der Waals surface area contributed by atoms with E-state index in [0.717, 1.165) is 6.42 Å². The number of rotatable bonds is 4. The second-order valence-corrected chi connectivity index (χ2v) is 3.21. The molecule has 13 heavy (non-hydrogen) atoms. The molecule has 0 aromatic heterocycles. The maximum Gasteiger partial charge on any atom is 0.220 e. The lowest BCUT2D eigenvalue weighted by atomic mass is 10.1. The summed E-state index contributed by atoms with van der Waals surface area (Å²) in [5, 5.41) is 5.91. The van der Waals surface area contributed by atoms with Gasteiger partial charge in [-0.3, -0.25) is 9.59 Å². The Morgan fingerprint density at radius 2 is 2.46 bits per heavy atom. The maximum atomic E-state index is 10.8. The molecule has 0 saturated carbocycles. The molecule has 1 unspecified atom stereocenters. The molecular weight excluding hydrogens is 170 g/mol. The van der Waals surface area contributed by atoms with E-state index >= 15 is 0 Å². The Hall–Kier alpha value is -1.10. The number of nitrogens with two attached hydrogens (primary N) is 1. The van der Waals surface area contributed by atoms with Crippen molar-refractivity contribution in [1.29, 1.82) is 0 Å². The molecule has 1 fully saturated rings. The summed E-state index contributed by atoms with van der Waals surface area (Å²) in [6, 6.07) is 0.289. The number of carbonyl (C=O) groups is 2. The molecular formula is C8H15N3O2. The number of carbonyl (C=O) groups excluding carboxylic acids is 2. The van der Waals surface area contributed by atoms with Crippen LogP contribution in [-0.2, 0) is 9.59 Å². The smallest absolute Gasteiger partial charge is 0.220 e. The monoisotopic (exact) mass is 185 g/mol. The molecule has 5 nitrogen and oxygen atoms in total. The standard InChI is InChI=1S/C8H15N3O2/c9-7(12)3-4-10-6-1-2-8(13)11-5-6/h6,10H,1-5H2,(H2,9,12)(H,11,13). The zero-order valence-corrected chi connectivity index (χ0v) is 7.51. The van der Waals surface area contributed by atoms with Crippen molar-refractivity contribution in [2.75, 3.05) is 13.1 Å². The summed E-state index contributed by atoms with van der Waals surface area (Å²) in [5.41, 5.74) is 4.98. The Kier molecular flexibility index (Phi) is 3.70. The van der Waals surface area contributed by atoms with Gasteiger partial charge in [0.15, 0.2) is 0 Å². The van der Waals surface area contributed by atoms with Gasteiger partial charge in [-0.25, -0.2) is 0 Å². The Labute approximate surface area is 77.1 Å². The Morgan fingerprint density at radius 1 is 1.69 bits per heavy atom. The second-order valence-electron chi connectivity index (χ2n) is 3.21. The number of hydrogen-bond acceptors (Lipinski definition) is 3. The molecule has 1 heterocycles. The molecule has 0 aliphatic carbocycles. The van der Waals surface area contributed by atoms with Gasteiger partial charge >= 0.3 is 0 Å². The fourth-order valence-electron chi connectivity index (χ4n) is 1.31. The van der Waals surface area contributed by atoms with Gasteiger partial charge in [0, 0.05) is 32.0 Å². The Bertz CT molecular complexity index is 196. The number of amides is 2. The third kappa shape index (κ3) is 3.89. The fraction of sp³-hybridized carbons (Fsp3) is 0.750. The van der Waals surface area contributed by atoms with Gasteiger partial charge < -0.3 is 16.4 Å². The van der Waals surface area contributed by atoms with E-state index in [1.807, 2.05) is 0 Å². The Morgan fingerprint density at radius 3 is 3.00 bits per heavy atom. The molecule has 1 atom stereocenters. The fourth-order valence-corrected chi connectivity index (χ4v) is 1.31. The summed E-state index contributed by atoms with van der Waals surface area (Å²) in [6.45, 7) is 1.24. The van der Waals surface area contributed by atoms with Crippen molar-refractivity contribution in [3.63, 3.8) is 0 Å². The van der Waals surface area contributed by atoms with Crippen LogP contribution in [-0.4, -0.2) is 30.9 Å². The van der Waals surface area contributed by atoms with Crippen molar-refractivity contribution in [3.8, 4) is 0 Å². The molecule has 2 amide bonds. The zero-order chi connectivity index (χ0) is 9.68. The molecule has 0 aromatic rings. The van der Waals surface area contributed by atoms with Crippen LogP contribution in [0.3, 0.4) is 0 Å². The second kappa shape index (κ2) is 4.81. The minimum atomic E-state index is -0.299. The highest BCUT2D eigenvalue weighted by molar-refractivity contribution is 5.76. The predicted octanol–water partition coefficient (Wildman–Crippen LogP) is -1.27. The molecule has 0 bridgehead atoms. The lowest BCUT2D eigenvalue weighted by molar-refractivity contribution is -0.122. The van der Waals surface area contributed by atoms with Crippen LogP contribution in [0.2, 0.25) is 0 Å². The topological polar surface area (TPSA) is 84.2 Å². The first kappa shape index (κ1) is 9.98. The normalized spacial score (nSPS) is 22.5. The van der Waals surface area contributed by atoms with E-state index in [9.17, 15) is 9.59 Å². The van der Waals surface area contributed by atoms with E-state index < -0.39 is 0 Å². The van der Waals surface area contributed by atoms with Crippen molar-refractivity contribution in [3.05, 3.63) is 0 Å². The van der Waals surface area contributed by atoms with Crippen molar-refractivity contribution in [2.45, 2.75) is 25.3 Å². The van der Waals surface area contributed by atoms with E-state index in [0.29, 0.717) is 25.9 Å². The summed E-state index contributed by atoms with van der Waals surface area (Å²) < 4.78 is 0. The molecule has 5 heteroatoms. The first-order valence-corrected chi connectivity index (χ1v) is 4.47. The van der Waals surface area contributed by atoms with Crippen LogP contribution in [0.4, 0.5) is 0 Å². The average Bonchev–Trinajstić information content (AvgIpc) is 2.08. The van der Waals surface area contributed by atoms with Crippen LogP contribution in [0.25, 0.3) is 0 Å². The average molecular weight is 185 g/mol. The summed E-state index contributed by atoms with van der Waals surface area (Å²) in [6.07, 6.45) is 1.75. The first-order valence-electron chi connectivity index (χ1n) is 4.47. The van der Waals surface area contributed by atoms with Crippen molar-refractivity contribution in [1.82, 2.24) is 10.6 Å². The van der Waals surface area contributed by atoms with E-state index in [4.69, 9.17) is 5.73 Å². The minimum Gasteiger partial charge on any atom is -0.370 e. The van der Waals surface area contributed by atoms with Crippen LogP contribution < -0.4 is 16.4 Å². The van der Waals surface area contributed by atoms with Crippen LogP contribution >= 0.6 is 0 Å². The molecule has 0 aromatic carbocycles. The minimum absolute atomic E-state index is 0.105. The van der Waals surface area contributed by atoms with E-state index in [-0.39, 0.29) is 17.9 Å². The quantitative estimate of drug-likeness (QED) is 0.510. The van der Waals surface area contributed by atoms with E-state index in [1.165, 1.54) is 0 Å². The predicted molar refractivity (Wildman–Crippen MR) is 47.8 cm³/mol. The number of hydrogen-bond donors (Lipinski definition) is 3. The van der Waals surface area contributed by atoms with Gasteiger partial charge in [0.05, 0.1) is 0 Å². The molecule has 1 saturated heterocycles. The SMILES string of the molecule is NC(=O)CCNC1CCC(=O)NC1. The van der Waals surface area contributed by atoms with Gasteiger partial charge in [0.2, 0.25) is 11.8 Å². The molecule has 0 radical (unpaired) electrons. The third-order valence-corrected chi connectivity index (χ3v) is 2.07. The first-order chi connectivity index (χ1) is 6.18. The van der Waals surface area contributed by atoms with Gasteiger partial charge in [-0.05, 0) is 6.42 Å².